The van der Waals surface area contributed by atoms with Gasteiger partial charge in [-0.1, -0.05) is 257 Å². The molecule has 0 saturated heterocycles. The Hall–Kier alpha value is -9.56. The van der Waals surface area contributed by atoms with Gasteiger partial charge < -0.3 is 4.90 Å². The van der Waals surface area contributed by atoms with Crippen LogP contribution in [0.15, 0.2) is 285 Å². The summed E-state index contributed by atoms with van der Waals surface area (Å²) in [7, 11) is 0. The van der Waals surface area contributed by atoms with Crippen LogP contribution in [-0.2, 0) is 16.2 Å². The van der Waals surface area contributed by atoms with Gasteiger partial charge in [0.1, 0.15) is 0 Å². The molecule has 12 aromatic rings. The van der Waals surface area contributed by atoms with Crippen molar-refractivity contribution in [2.75, 3.05) is 4.90 Å². The average molecular weight is 992 g/mol. The minimum absolute atomic E-state index is 0.220. The summed E-state index contributed by atoms with van der Waals surface area (Å²) in [6.07, 6.45) is 0. The van der Waals surface area contributed by atoms with E-state index in [0.717, 1.165) is 17.1 Å². The molecule has 366 valence electrons. The lowest BCUT2D eigenvalue weighted by molar-refractivity contribution is 0.633. The lowest BCUT2D eigenvalue weighted by Crippen LogP contribution is -2.43. The second-order valence-corrected chi connectivity index (χ2v) is 22.2. The summed E-state index contributed by atoms with van der Waals surface area (Å²) >= 11 is 0. The van der Waals surface area contributed by atoms with E-state index in [1.165, 1.54) is 122 Å². The molecule has 0 heterocycles. The van der Waals surface area contributed by atoms with Crippen molar-refractivity contribution in [2.24, 2.45) is 0 Å². The van der Waals surface area contributed by atoms with Gasteiger partial charge in [-0.25, -0.2) is 0 Å². The Morgan fingerprint density at radius 2 is 0.603 bits per heavy atom. The summed E-state index contributed by atoms with van der Waals surface area (Å²) in [4.78, 5) is 2.49. The van der Waals surface area contributed by atoms with Crippen LogP contribution in [0.2, 0.25) is 0 Å². The van der Waals surface area contributed by atoms with Gasteiger partial charge in [0.15, 0.2) is 0 Å². The molecular formula is C77H53N. The van der Waals surface area contributed by atoms with E-state index >= 15 is 0 Å². The van der Waals surface area contributed by atoms with Gasteiger partial charge in [0.25, 0.3) is 0 Å². The summed E-state index contributed by atoms with van der Waals surface area (Å²) in [6.45, 7) is 4.79. The molecule has 0 amide bonds. The molecule has 0 atom stereocenters. The second kappa shape index (κ2) is 16.7. The molecule has 12 aromatic carbocycles. The first kappa shape index (κ1) is 44.7. The van der Waals surface area contributed by atoms with Crippen molar-refractivity contribution in [1.29, 1.82) is 0 Å². The zero-order valence-electron chi connectivity index (χ0n) is 43.6. The van der Waals surface area contributed by atoms with E-state index in [-0.39, 0.29) is 5.41 Å². The number of fused-ring (bicyclic) bond motifs is 19. The number of para-hydroxylation sites is 1. The highest BCUT2D eigenvalue weighted by Gasteiger charge is 2.58. The molecule has 1 heteroatoms. The summed E-state index contributed by atoms with van der Waals surface area (Å²) in [6, 6.07) is 108. The van der Waals surface area contributed by atoms with Gasteiger partial charge in [0.05, 0.1) is 16.5 Å². The predicted molar refractivity (Wildman–Crippen MR) is 323 cm³/mol. The Morgan fingerprint density at radius 1 is 0.218 bits per heavy atom. The van der Waals surface area contributed by atoms with Crippen molar-refractivity contribution < 1.29 is 0 Å². The number of rotatable bonds is 6. The molecule has 0 saturated carbocycles. The molecule has 1 nitrogen and oxygen atoms in total. The first-order valence-corrected chi connectivity index (χ1v) is 27.5. The third kappa shape index (κ3) is 6.02. The van der Waals surface area contributed by atoms with Crippen molar-refractivity contribution in [3.63, 3.8) is 0 Å². The molecule has 78 heavy (non-hydrogen) atoms. The molecule has 0 aliphatic heterocycles. The fourth-order valence-corrected chi connectivity index (χ4v) is 14.9. The molecule has 16 rings (SSSR count). The zero-order chi connectivity index (χ0) is 51.7. The number of hydrogen-bond donors (Lipinski definition) is 0. The molecule has 4 aliphatic rings. The first-order valence-electron chi connectivity index (χ1n) is 27.5. The van der Waals surface area contributed by atoms with Crippen LogP contribution >= 0.6 is 0 Å². The van der Waals surface area contributed by atoms with Crippen LogP contribution < -0.4 is 4.90 Å². The Labute approximate surface area is 457 Å². The van der Waals surface area contributed by atoms with Crippen LogP contribution in [0.4, 0.5) is 17.1 Å². The summed E-state index contributed by atoms with van der Waals surface area (Å²) in [5.41, 5.74) is 30.6. The minimum atomic E-state index is -0.542. The van der Waals surface area contributed by atoms with E-state index in [1.807, 2.05) is 0 Å². The van der Waals surface area contributed by atoms with Crippen LogP contribution in [0.3, 0.4) is 0 Å². The maximum atomic E-state index is 2.49. The van der Waals surface area contributed by atoms with E-state index in [9.17, 15) is 0 Å². The van der Waals surface area contributed by atoms with Crippen LogP contribution in [0.1, 0.15) is 69.5 Å². The first-order chi connectivity index (χ1) is 38.5. The Balaban J connectivity index is 0.865. The van der Waals surface area contributed by atoms with Crippen LogP contribution in [0, 0.1) is 0 Å². The highest BCUT2D eigenvalue weighted by molar-refractivity contribution is 5.96. The minimum Gasteiger partial charge on any atom is -0.310 e. The molecule has 0 radical (unpaired) electrons. The summed E-state index contributed by atoms with van der Waals surface area (Å²) in [5, 5.41) is 0. The average Bonchev–Trinajstić information content (AvgIpc) is 2.76. The van der Waals surface area contributed by atoms with Gasteiger partial charge in [-0.05, 0) is 159 Å². The third-order valence-corrected chi connectivity index (χ3v) is 18.2. The van der Waals surface area contributed by atoms with E-state index < -0.39 is 10.8 Å². The van der Waals surface area contributed by atoms with E-state index in [4.69, 9.17) is 0 Å². The number of benzene rings is 12. The van der Waals surface area contributed by atoms with Crippen molar-refractivity contribution in [2.45, 2.75) is 30.1 Å². The fraction of sp³-hybridized carbons (Fsp3) is 0.0649. The monoisotopic (exact) mass is 991 g/mol. The van der Waals surface area contributed by atoms with Crippen molar-refractivity contribution in [1.82, 2.24) is 0 Å². The molecular weight excluding hydrogens is 939 g/mol. The maximum Gasteiger partial charge on any atom is 0.0720 e. The highest BCUT2D eigenvalue weighted by atomic mass is 15.1. The Kier molecular flexibility index (Phi) is 9.58. The molecule has 0 bridgehead atoms. The fourth-order valence-electron chi connectivity index (χ4n) is 14.9. The topological polar surface area (TPSA) is 3.24 Å². The van der Waals surface area contributed by atoms with Crippen molar-refractivity contribution in [3.8, 4) is 66.8 Å². The van der Waals surface area contributed by atoms with Gasteiger partial charge in [-0.2, -0.15) is 0 Å². The maximum absolute atomic E-state index is 2.49. The lowest BCUT2D eigenvalue weighted by atomic mass is 9.52. The largest absolute Gasteiger partial charge is 0.310 e. The summed E-state index contributed by atoms with van der Waals surface area (Å²) < 4.78 is 0. The van der Waals surface area contributed by atoms with Crippen molar-refractivity contribution in [3.05, 3.63) is 341 Å². The third-order valence-electron chi connectivity index (χ3n) is 18.2. The SMILES string of the molecule is CC1(C)c2cc(-c3ccccc3)ccc2-c2ccc(N(c3cccc(-c4ccc5c(c4)-c4ccccc4C54c5ccccc5C5(c6ccccc6-c6ccccc65)c5ccccc54)c3)c3ccccc3-c3ccccc3)cc21. The quantitative estimate of drug-likeness (QED) is 0.160. The number of anilines is 3. The lowest BCUT2D eigenvalue weighted by Gasteiger charge is -2.48. The summed E-state index contributed by atoms with van der Waals surface area (Å²) in [5.74, 6) is 0. The van der Waals surface area contributed by atoms with E-state index in [2.05, 4.69) is 304 Å². The van der Waals surface area contributed by atoms with Gasteiger partial charge >= 0.3 is 0 Å². The molecule has 0 fully saturated rings. The highest BCUT2D eigenvalue weighted by Crippen LogP contribution is 2.67. The van der Waals surface area contributed by atoms with Crippen LogP contribution in [0.5, 0.6) is 0 Å². The normalized spacial score (nSPS) is 14.6. The van der Waals surface area contributed by atoms with Crippen LogP contribution in [-0.4, -0.2) is 0 Å². The van der Waals surface area contributed by atoms with E-state index in [1.54, 1.807) is 0 Å². The van der Waals surface area contributed by atoms with Crippen LogP contribution in [0.25, 0.3) is 66.8 Å². The van der Waals surface area contributed by atoms with E-state index in [0.29, 0.717) is 0 Å². The second-order valence-electron chi connectivity index (χ2n) is 22.2. The predicted octanol–water partition coefficient (Wildman–Crippen LogP) is 19.5. The molecule has 2 spiro atoms. The number of hydrogen-bond acceptors (Lipinski definition) is 1. The van der Waals surface area contributed by atoms with Gasteiger partial charge in [0.2, 0.25) is 0 Å². The molecule has 0 N–H and O–H groups in total. The Morgan fingerprint density at radius 3 is 1.19 bits per heavy atom. The van der Waals surface area contributed by atoms with Gasteiger partial charge in [-0.3, -0.25) is 0 Å². The Bertz CT molecular complexity index is 4330. The van der Waals surface area contributed by atoms with Gasteiger partial charge in [-0.15, -0.1) is 0 Å². The molecule has 0 aromatic heterocycles. The smallest absolute Gasteiger partial charge is 0.0720 e. The zero-order valence-corrected chi connectivity index (χ0v) is 43.6. The standard InChI is InChI=1S/C77H53N/c1-75(2)72-48-54(50-22-5-3-6-23-50)40-43-61(72)62-44-42-56(49-73(62)75)78(74-39-20-12-28-57(74)51-24-7-4-8-25-51)55-27-21-26-52(46-55)53-41-45-67-63(47-53)60-31-11-15-34-66(60)77(67)70-37-18-16-35-68(70)76(69-36-17-19-38-71(69)77)64-32-13-9-29-58(64)59-30-10-14-33-65(59)76/h3-49H,1-2H3. The molecule has 4 aliphatic carbocycles. The molecule has 0 unspecified atom stereocenters. The van der Waals surface area contributed by atoms with Crippen molar-refractivity contribution >= 4 is 17.1 Å². The van der Waals surface area contributed by atoms with Gasteiger partial charge in [0, 0.05) is 22.4 Å². The number of nitrogens with zero attached hydrogens (tertiary/aromatic N) is 1.